The van der Waals surface area contributed by atoms with Crippen LogP contribution >= 0.6 is 11.6 Å². The first kappa shape index (κ1) is 14.6. The number of benzene rings is 1. The molecule has 0 bridgehead atoms. The van der Waals surface area contributed by atoms with E-state index < -0.39 is 0 Å². The lowest BCUT2D eigenvalue weighted by atomic mass is 10.0. The SMILES string of the molecule is CNc1ncnc(NCc2ccc(Cl)cc2)c1C(C)C. The van der Waals surface area contributed by atoms with Gasteiger partial charge in [-0.2, -0.15) is 0 Å². The Morgan fingerprint density at radius 3 is 2.35 bits per heavy atom. The smallest absolute Gasteiger partial charge is 0.135 e. The summed E-state index contributed by atoms with van der Waals surface area (Å²) in [4.78, 5) is 8.62. The molecule has 0 spiro atoms. The Hall–Kier alpha value is -1.81. The number of rotatable bonds is 5. The Morgan fingerprint density at radius 1 is 1.10 bits per heavy atom. The summed E-state index contributed by atoms with van der Waals surface area (Å²) in [6, 6.07) is 7.79. The maximum atomic E-state index is 5.89. The van der Waals surface area contributed by atoms with Crippen LogP contribution in [0.3, 0.4) is 0 Å². The molecule has 20 heavy (non-hydrogen) atoms. The van der Waals surface area contributed by atoms with Gasteiger partial charge in [0.05, 0.1) is 0 Å². The van der Waals surface area contributed by atoms with Gasteiger partial charge in [-0.1, -0.05) is 37.6 Å². The van der Waals surface area contributed by atoms with Crippen molar-refractivity contribution in [2.24, 2.45) is 0 Å². The molecule has 0 saturated carbocycles. The van der Waals surface area contributed by atoms with E-state index in [9.17, 15) is 0 Å². The third-order valence-corrected chi connectivity index (χ3v) is 3.32. The fourth-order valence-corrected chi connectivity index (χ4v) is 2.20. The highest BCUT2D eigenvalue weighted by Gasteiger charge is 2.13. The van der Waals surface area contributed by atoms with Crippen LogP contribution in [0.5, 0.6) is 0 Å². The summed E-state index contributed by atoms with van der Waals surface area (Å²) in [5.74, 6) is 2.08. The Labute approximate surface area is 124 Å². The molecule has 2 rings (SSSR count). The highest BCUT2D eigenvalue weighted by Crippen LogP contribution is 2.28. The standard InChI is InChI=1S/C15H19ClN4/c1-10(2)13-14(17-3)19-9-20-15(13)18-8-11-4-6-12(16)7-5-11/h4-7,9-10H,8H2,1-3H3,(H2,17,18,19,20). The fraction of sp³-hybridized carbons (Fsp3) is 0.333. The lowest BCUT2D eigenvalue weighted by Crippen LogP contribution is -2.09. The molecule has 0 fully saturated rings. The summed E-state index contributed by atoms with van der Waals surface area (Å²) < 4.78 is 0. The molecule has 0 unspecified atom stereocenters. The minimum atomic E-state index is 0.339. The number of nitrogens with one attached hydrogen (secondary N) is 2. The molecular formula is C15H19ClN4. The van der Waals surface area contributed by atoms with E-state index in [0.717, 1.165) is 27.8 Å². The molecule has 0 atom stereocenters. The van der Waals surface area contributed by atoms with Gasteiger partial charge in [-0.05, 0) is 23.6 Å². The van der Waals surface area contributed by atoms with Crippen LogP contribution in [0.15, 0.2) is 30.6 Å². The van der Waals surface area contributed by atoms with Gasteiger partial charge in [-0.15, -0.1) is 0 Å². The maximum absolute atomic E-state index is 5.89. The van der Waals surface area contributed by atoms with Crippen molar-refractivity contribution in [1.82, 2.24) is 9.97 Å². The molecule has 0 aliphatic rings. The molecule has 0 saturated heterocycles. The lowest BCUT2D eigenvalue weighted by molar-refractivity contribution is 0.847. The van der Waals surface area contributed by atoms with Crippen molar-refractivity contribution in [3.63, 3.8) is 0 Å². The van der Waals surface area contributed by atoms with Crippen molar-refractivity contribution in [2.75, 3.05) is 17.7 Å². The second-order valence-electron chi connectivity index (χ2n) is 4.87. The zero-order chi connectivity index (χ0) is 14.5. The molecule has 0 amide bonds. The second-order valence-corrected chi connectivity index (χ2v) is 5.31. The predicted molar refractivity (Wildman–Crippen MR) is 84.4 cm³/mol. The molecule has 1 aromatic carbocycles. The molecule has 2 aromatic rings. The van der Waals surface area contributed by atoms with E-state index in [2.05, 4.69) is 34.4 Å². The van der Waals surface area contributed by atoms with E-state index in [1.165, 1.54) is 0 Å². The van der Waals surface area contributed by atoms with Gasteiger partial charge in [0.2, 0.25) is 0 Å². The molecule has 4 nitrogen and oxygen atoms in total. The minimum Gasteiger partial charge on any atom is -0.373 e. The van der Waals surface area contributed by atoms with E-state index >= 15 is 0 Å². The van der Waals surface area contributed by atoms with Crippen LogP contribution in [0, 0.1) is 0 Å². The van der Waals surface area contributed by atoms with Crippen molar-refractivity contribution >= 4 is 23.2 Å². The first-order valence-corrected chi connectivity index (χ1v) is 7.00. The summed E-state index contributed by atoms with van der Waals surface area (Å²) in [7, 11) is 1.87. The van der Waals surface area contributed by atoms with Crippen LogP contribution in [0.25, 0.3) is 0 Å². The van der Waals surface area contributed by atoms with E-state index in [1.807, 2.05) is 31.3 Å². The number of aromatic nitrogens is 2. The normalized spacial score (nSPS) is 10.7. The van der Waals surface area contributed by atoms with Gasteiger partial charge in [0, 0.05) is 24.2 Å². The Kier molecular flexibility index (Phi) is 4.79. The average molecular weight is 291 g/mol. The quantitative estimate of drug-likeness (QED) is 0.876. The van der Waals surface area contributed by atoms with Crippen LogP contribution in [0.2, 0.25) is 5.02 Å². The van der Waals surface area contributed by atoms with E-state index in [4.69, 9.17) is 11.6 Å². The Balaban J connectivity index is 2.18. The molecule has 106 valence electrons. The van der Waals surface area contributed by atoms with Crippen LogP contribution in [0.4, 0.5) is 11.6 Å². The number of hydrogen-bond donors (Lipinski definition) is 2. The Morgan fingerprint density at radius 2 is 1.75 bits per heavy atom. The first-order chi connectivity index (χ1) is 9.61. The van der Waals surface area contributed by atoms with Crippen LogP contribution < -0.4 is 10.6 Å². The molecule has 0 radical (unpaired) electrons. The largest absolute Gasteiger partial charge is 0.373 e. The fourth-order valence-electron chi connectivity index (χ4n) is 2.07. The van der Waals surface area contributed by atoms with Crippen molar-refractivity contribution in [2.45, 2.75) is 26.3 Å². The molecular weight excluding hydrogens is 272 g/mol. The molecule has 1 heterocycles. The van der Waals surface area contributed by atoms with Crippen LogP contribution in [0.1, 0.15) is 30.9 Å². The number of halogens is 1. The van der Waals surface area contributed by atoms with Gasteiger partial charge >= 0.3 is 0 Å². The van der Waals surface area contributed by atoms with Gasteiger partial charge in [0.15, 0.2) is 0 Å². The first-order valence-electron chi connectivity index (χ1n) is 6.62. The summed E-state index contributed by atoms with van der Waals surface area (Å²) >= 11 is 5.89. The predicted octanol–water partition coefficient (Wildman–Crippen LogP) is 3.91. The van der Waals surface area contributed by atoms with Gasteiger partial charge < -0.3 is 10.6 Å². The average Bonchev–Trinajstić information content (AvgIpc) is 2.46. The molecule has 0 aliphatic heterocycles. The van der Waals surface area contributed by atoms with E-state index in [0.29, 0.717) is 12.5 Å². The maximum Gasteiger partial charge on any atom is 0.135 e. The van der Waals surface area contributed by atoms with Crippen molar-refractivity contribution in [1.29, 1.82) is 0 Å². The third kappa shape index (κ3) is 3.39. The van der Waals surface area contributed by atoms with E-state index in [1.54, 1.807) is 6.33 Å². The highest BCUT2D eigenvalue weighted by atomic mass is 35.5. The Bertz CT molecular complexity index is 567. The topological polar surface area (TPSA) is 49.8 Å². The van der Waals surface area contributed by atoms with Crippen LogP contribution in [-0.4, -0.2) is 17.0 Å². The lowest BCUT2D eigenvalue weighted by Gasteiger charge is -2.16. The van der Waals surface area contributed by atoms with E-state index in [-0.39, 0.29) is 0 Å². The number of hydrogen-bond acceptors (Lipinski definition) is 4. The van der Waals surface area contributed by atoms with Gasteiger partial charge in [-0.25, -0.2) is 9.97 Å². The van der Waals surface area contributed by atoms with Gasteiger partial charge in [0.25, 0.3) is 0 Å². The third-order valence-electron chi connectivity index (χ3n) is 3.07. The zero-order valence-corrected chi connectivity index (χ0v) is 12.7. The van der Waals surface area contributed by atoms with Crippen molar-refractivity contribution in [3.8, 4) is 0 Å². The highest BCUT2D eigenvalue weighted by molar-refractivity contribution is 6.30. The summed E-state index contributed by atoms with van der Waals surface area (Å²) in [6.07, 6.45) is 1.57. The summed E-state index contributed by atoms with van der Waals surface area (Å²) in [5.41, 5.74) is 2.26. The minimum absolute atomic E-state index is 0.339. The zero-order valence-electron chi connectivity index (χ0n) is 11.9. The van der Waals surface area contributed by atoms with Gasteiger partial charge in [-0.3, -0.25) is 0 Å². The number of anilines is 2. The van der Waals surface area contributed by atoms with Gasteiger partial charge in [0.1, 0.15) is 18.0 Å². The molecule has 2 N–H and O–H groups in total. The number of nitrogens with zero attached hydrogens (tertiary/aromatic N) is 2. The molecule has 0 aliphatic carbocycles. The summed E-state index contributed by atoms with van der Waals surface area (Å²) in [6.45, 7) is 4.97. The van der Waals surface area contributed by atoms with Crippen molar-refractivity contribution in [3.05, 3.63) is 46.7 Å². The van der Waals surface area contributed by atoms with Crippen LogP contribution in [-0.2, 0) is 6.54 Å². The molecule has 1 aromatic heterocycles. The molecule has 5 heteroatoms. The second kappa shape index (κ2) is 6.57. The summed E-state index contributed by atoms with van der Waals surface area (Å²) in [5, 5.41) is 7.23. The monoisotopic (exact) mass is 290 g/mol. The van der Waals surface area contributed by atoms with Crippen molar-refractivity contribution < 1.29 is 0 Å².